The van der Waals surface area contributed by atoms with Crippen LogP contribution in [0.15, 0.2) is 12.3 Å². The van der Waals surface area contributed by atoms with Crippen molar-refractivity contribution >= 4 is 17.6 Å². The number of hydrogen-bond acceptors (Lipinski definition) is 4. The molecule has 0 fully saturated rings. The quantitative estimate of drug-likeness (QED) is 0.681. The van der Waals surface area contributed by atoms with Gasteiger partial charge in [-0.05, 0) is 6.07 Å². The first kappa shape index (κ1) is 9.80. The average molecular weight is 202 g/mol. The largest absolute Gasteiger partial charge is 0.493 e. The molecule has 0 amide bonds. The minimum absolute atomic E-state index is 0.0810. The monoisotopic (exact) mass is 201 g/mol. The van der Waals surface area contributed by atoms with Crippen molar-refractivity contribution < 1.29 is 14.3 Å². The van der Waals surface area contributed by atoms with Crippen molar-refractivity contribution in [1.29, 1.82) is 0 Å². The van der Waals surface area contributed by atoms with Crippen molar-refractivity contribution in [2.45, 2.75) is 0 Å². The van der Waals surface area contributed by atoms with Gasteiger partial charge in [-0.1, -0.05) is 11.6 Å². The van der Waals surface area contributed by atoms with E-state index in [1.54, 1.807) is 0 Å². The number of hydrogen-bond donors (Lipinski definition) is 0. The Hall–Kier alpha value is -1.29. The molecular formula is C8H8ClNO3. The van der Waals surface area contributed by atoms with E-state index in [4.69, 9.17) is 16.3 Å². The zero-order valence-corrected chi connectivity index (χ0v) is 7.96. The maximum absolute atomic E-state index is 11.1. The molecule has 0 saturated heterocycles. The molecular weight excluding hydrogens is 194 g/mol. The fourth-order valence-electron chi connectivity index (χ4n) is 0.861. The predicted molar refractivity (Wildman–Crippen MR) is 47.1 cm³/mol. The van der Waals surface area contributed by atoms with Gasteiger partial charge in [0.15, 0.2) is 11.4 Å². The molecule has 0 bridgehead atoms. The molecule has 0 aliphatic rings. The Morgan fingerprint density at radius 3 is 2.77 bits per heavy atom. The number of pyridine rings is 1. The summed E-state index contributed by atoms with van der Waals surface area (Å²) in [6.07, 6.45) is 1.41. The van der Waals surface area contributed by atoms with Gasteiger partial charge < -0.3 is 9.47 Å². The van der Waals surface area contributed by atoms with Gasteiger partial charge in [-0.3, -0.25) is 0 Å². The van der Waals surface area contributed by atoms with Crippen LogP contribution in [0, 0.1) is 0 Å². The second-order valence-electron chi connectivity index (χ2n) is 2.17. The molecule has 0 atom stereocenters. The van der Waals surface area contributed by atoms with Crippen LogP contribution in [0.5, 0.6) is 5.75 Å². The molecule has 0 aliphatic carbocycles. The Morgan fingerprint density at radius 2 is 2.23 bits per heavy atom. The Morgan fingerprint density at radius 1 is 1.54 bits per heavy atom. The van der Waals surface area contributed by atoms with Gasteiger partial charge in [0.2, 0.25) is 0 Å². The summed E-state index contributed by atoms with van der Waals surface area (Å²) in [7, 11) is 2.68. The van der Waals surface area contributed by atoms with Crippen molar-refractivity contribution in [2.24, 2.45) is 0 Å². The van der Waals surface area contributed by atoms with Crippen LogP contribution in [0.1, 0.15) is 10.5 Å². The number of esters is 1. The first-order valence-corrected chi connectivity index (χ1v) is 3.85. The van der Waals surface area contributed by atoms with Crippen LogP contribution in [0.25, 0.3) is 0 Å². The van der Waals surface area contributed by atoms with Gasteiger partial charge in [-0.15, -0.1) is 0 Å². The highest BCUT2D eigenvalue weighted by Crippen LogP contribution is 2.26. The minimum Gasteiger partial charge on any atom is -0.493 e. The van der Waals surface area contributed by atoms with E-state index in [1.807, 2.05) is 0 Å². The Balaban J connectivity index is 3.20. The van der Waals surface area contributed by atoms with Crippen LogP contribution in [0.4, 0.5) is 0 Å². The number of carbonyl (C=O) groups is 1. The van der Waals surface area contributed by atoms with Crippen molar-refractivity contribution in [1.82, 2.24) is 4.98 Å². The summed E-state index contributed by atoms with van der Waals surface area (Å²) in [5, 5.41) is 0.331. The van der Waals surface area contributed by atoms with Crippen LogP contribution in [0.2, 0.25) is 5.02 Å². The number of ether oxygens (including phenoxy) is 2. The molecule has 0 aliphatic heterocycles. The lowest BCUT2D eigenvalue weighted by atomic mass is 10.3. The van der Waals surface area contributed by atoms with Gasteiger partial charge in [0, 0.05) is 6.20 Å². The molecule has 5 heteroatoms. The van der Waals surface area contributed by atoms with E-state index in [9.17, 15) is 4.79 Å². The third-order valence-corrected chi connectivity index (χ3v) is 1.74. The topological polar surface area (TPSA) is 48.4 Å². The number of nitrogens with zero attached hydrogens (tertiary/aromatic N) is 1. The zero-order chi connectivity index (χ0) is 9.84. The lowest BCUT2D eigenvalue weighted by molar-refractivity contribution is 0.0590. The normalized spacial score (nSPS) is 9.46. The van der Waals surface area contributed by atoms with Crippen molar-refractivity contribution in [2.75, 3.05) is 14.2 Å². The zero-order valence-electron chi connectivity index (χ0n) is 7.20. The first-order chi connectivity index (χ1) is 6.20. The molecule has 4 nitrogen and oxygen atoms in total. The van der Waals surface area contributed by atoms with E-state index in [0.717, 1.165) is 0 Å². The number of halogens is 1. The van der Waals surface area contributed by atoms with E-state index >= 15 is 0 Å². The van der Waals surface area contributed by atoms with E-state index in [-0.39, 0.29) is 11.4 Å². The van der Waals surface area contributed by atoms with Crippen LogP contribution < -0.4 is 4.74 Å². The summed E-state index contributed by atoms with van der Waals surface area (Å²) in [5.74, 6) is -0.338. The molecule has 1 aromatic rings. The molecule has 70 valence electrons. The van der Waals surface area contributed by atoms with Crippen LogP contribution in [-0.2, 0) is 4.74 Å². The molecule has 13 heavy (non-hydrogen) atoms. The summed E-state index contributed by atoms with van der Waals surface area (Å²) in [4.78, 5) is 14.9. The minimum atomic E-state index is -0.570. The third-order valence-electron chi connectivity index (χ3n) is 1.44. The van der Waals surface area contributed by atoms with Gasteiger partial charge in [-0.2, -0.15) is 0 Å². The second-order valence-corrected chi connectivity index (χ2v) is 2.57. The predicted octanol–water partition coefficient (Wildman–Crippen LogP) is 1.53. The number of aromatic nitrogens is 1. The van der Waals surface area contributed by atoms with Gasteiger partial charge in [0.05, 0.1) is 19.2 Å². The Kier molecular flexibility index (Phi) is 3.08. The molecule has 0 saturated carbocycles. The number of methoxy groups -OCH3 is 2. The highest BCUT2D eigenvalue weighted by Gasteiger charge is 2.16. The van der Waals surface area contributed by atoms with Gasteiger partial charge in [-0.25, -0.2) is 9.78 Å². The molecule has 1 aromatic heterocycles. The number of carbonyl (C=O) groups excluding carboxylic acids is 1. The Labute approximate surface area is 80.4 Å². The first-order valence-electron chi connectivity index (χ1n) is 3.47. The van der Waals surface area contributed by atoms with Crippen LogP contribution >= 0.6 is 11.6 Å². The third kappa shape index (κ3) is 1.89. The summed E-state index contributed by atoms with van der Waals surface area (Å²) in [5.41, 5.74) is 0.0810. The van der Waals surface area contributed by atoms with E-state index in [1.165, 1.54) is 26.5 Å². The fraction of sp³-hybridized carbons (Fsp3) is 0.250. The fourth-order valence-corrected chi connectivity index (χ4v) is 1.08. The standard InChI is InChI=1S/C8H8ClNO3/c1-12-7-5(9)3-4-10-6(7)8(11)13-2/h3-4H,1-2H3. The number of rotatable bonds is 2. The summed E-state index contributed by atoms with van der Waals surface area (Å²) in [6.45, 7) is 0. The molecule has 0 radical (unpaired) electrons. The summed E-state index contributed by atoms with van der Waals surface area (Å²) >= 11 is 5.76. The molecule has 0 N–H and O–H groups in total. The van der Waals surface area contributed by atoms with Crippen molar-refractivity contribution in [3.63, 3.8) is 0 Å². The van der Waals surface area contributed by atoms with E-state index in [0.29, 0.717) is 5.02 Å². The SMILES string of the molecule is COC(=O)c1nccc(Cl)c1OC. The molecule has 0 unspecified atom stereocenters. The second kappa shape index (κ2) is 4.09. The molecule has 0 spiro atoms. The van der Waals surface area contributed by atoms with Crippen molar-refractivity contribution in [3.05, 3.63) is 23.0 Å². The van der Waals surface area contributed by atoms with Crippen LogP contribution in [0.3, 0.4) is 0 Å². The summed E-state index contributed by atoms with van der Waals surface area (Å²) in [6, 6.07) is 1.53. The van der Waals surface area contributed by atoms with E-state index < -0.39 is 5.97 Å². The lowest BCUT2D eigenvalue weighted by Crippen LogP contribution is -2.06. The molecule has 0 aromatic carbocycles. The smallest absolute Gasteiger partial charge is 0.360 e. The van der Waals surface area contributed by atoms with Gasteiger partial charge >= 0.3 is 5.97 Å². The lowest BCUT2D eigenvalue weighted by Gasteiger charge is -2.06. The van der Waals surface area contributed by atoms with Gasteiger partial charge in [0.1, 0.15) is 0 Å². The maximum atomic E-state index is 11.1. The van der Waals surface area contributed by atoms with E-state index in [2.05, 4.69) is 9.72 Å². The summed E-state index contributed by atoms with van der Waals surface area (Å²) < 4.78 is 9.40. The molecule has 1 heterocycles. The van der Waals surface area contributed by atoms with Gasteiger partial charge in [0.25, 0.3) is 0 Å². The highest BCUT2D eigenvalue weighted by molar-refractivity contribution is 6.32. The Bertz CT molecular complexity index is 327. The maximum Gasteiger partial charge on any atom is 0.360 e. The average Bonchev–Trinajstić information content (AvgIpc) is 2.16. The highest BCUT2D eigenvalue weighted by atomic mass is 35.5. The van der Waals surface area contributed by atoms with Crippen LogP contribution in [-0.4, -0.2) is 25.2 Å². The molecule has 1 rings (SSSR count). The van der Waals surface area contributed by atoms with Crippen molar-refractivity contribution in [3.8, 4) is 5.75 Å².